The molecule has 16 heavy (non-hydrogen) atoms. The number of hydrogen-bond acceptors (Lipinski definition) is 1. The maximum Gasteiger partial charge on any atom is 0.0408 e. The fourth-order valence-corrected chi connectivity index (χ4v) is 1.90. The van der Waals surface area contributed by atoms with Crippen LogP contribution in [0.3, 0.4) is 0 Å². The van der Waals surface area contributed by atoms with Crippen molar-refractivity contribution in [3.05, 3.63) is 48.0 Å². The molecule has 90 valence electrons. The van der Waals surface area contributed by atoms with E-state index in [4.69, 9.17) is 0 Å². The third-order valence-electron chi connectivity index (χ3n) is 3.08. The van der Waals surface area contributed by atoms with Crippen LogP contribution in [-0.2, 0) is 5.54 Å². The van der Waals surface area contributed by atoms with Crippen LogP contribution < -0.4 is 5.32 Å². The van der Waals surface area contributed by atoms with E-state index < -0.39 is 0 Å². The molecule has 1 N–H and O–H groups in total. The number of hydrogen-bond donors (Lipinski definition) is 1. The summed E-state index contributed by atoms with van der Waals surface area (Å²) in [5.41, 5.74) is 2.78. The van der Waals surface area contributed by atoms with Gasteiger partial charge in [0.15, 0.2) is 0 Å². The zero-order valence-corrected chi connectivity index (χ0v) is 11.2. The summed E-state index contributed by atoms with van der Waals surface area (Å²) < 4.78 is 0. The Morgan fingerprint density at radius 2 is 2.00 bits per heavy atom. The molecule has 0 heterocycles. The Bertz CT molecular complexity index is 335. The summed E-state index contributed by atoms with van der Waals surface area (Å²) in [6.45, 7) is 11.2. The molecule has 2 heteroatoms. The van der Waals surface area contributed by atoms with Crippen molar-refractivity contribution in [2.24, 2.45) is 0 Å². The molecule has 1 atom stereocenters. The SMILES string of the molecule is C=CCNC(C)(CC)c1ccccc1C.Cl. The van der Waals surface area contributed by atoms with E-state index in [0.29, 0.717) is 0 Å². The van der Waals surface area contributed by atoms with E-state index in [1.807, 2.05) is 6.08 Å². The van der Waals surface area contributed by atoms with E-state index in [1.165, 1.54) is 11.1 Å². The van der Waals surface area contributed by atoms with Crippen molar-refractivity contribution in [2.75, 3.05) is 6.54 Å². The lowest BCUT2D eigenvalue weighted by Crippen LogP contribution is -2.39. The van der Waals surface area contributed by atoms with E-state index in [2.05, 4.69) is 56.9 Å². The maximum atomic E-state index is 3.75. The van der Waals surface area contributed by atoms with Crippen LogP contribution in [0.2, 0.25) is 0 Å². The number of benzene rings is 1. The van der Waals surface area contributed by atoms with Gasteiger partial charge in [-0.2, -0.15) is 0 Å². The van der Waals surface area contributed by atoms with Crippen LogP contribution in [0.25, 0.3) is 0 Å². The summed E-state index contributed by atoms with van der Waals surface area (Å²) in [5.74, 6) is 0. The first kappa shape index (κ1) is 15.2. The Labute approximate surface area is 105 Å². The van der Waals surface area contributed by atoms with Gasteiger partial charge in [0.2, 0.25) is 0 Å². The Kier molecular flexibility index (Phi) is 6.39. The summed E-state index contributed by atoms with van der Waals surface area (Å²) in [4.78, 5) is 0. The van der Waals surface area contributed by atoms with Crippen LogP contribution in [0.1, 0.15) is 31.4 Å². The zero-order chi connectivity index (χ0) is 11.3. The first-order valence-electron chi connectivity index (χ1n) is 5.56. The largest absolute Gasteiger partial charge is 0.304 e. The number of aryl methyl sites for hydroxylation is 1. The second-order valence-electron chi connectivity index (χ2n) is 4.17. The molecule has 1 nitrogen and oxygen atoms in total. The number of rotatable bonds is 5. The molecule has 0 bridgehead atoms. The second kappa shape index (κ2) is 6.72. The lowest BCUT2D eigenvalue weighted by molar-refractivity contribution is 0.369. The Morgan fingerprint density at radius 3 is 2.50 bits per heavy atom. The average molecular weight is 240 g/mol. The van der Waals surface area contributed by atoms with E-state index in [-0.39, 0.29) is 17.9 Å². The Morgan fingerprint density at radius 1 is 1.38 bits per heavy atom. The predicted molar refractivity (Wildman–Crippen MR) is 74.3 cm³/mol. The molecule has 0 aromatic heterocycles. The van der Waals surface area contributed by atoms with Gasteiger partial charge in [-0.15, -0.1) is 19.0 Å². The normalized spacial score (nSPS) is 13.7. The topological polar surface area (TPSA) is 12.0 Å². The molecular weight excluding hydrogens is 218 g/mol. The van der Waals surface area contributed by atoms with Gasteiger partial charge in [0.05, 0.1) is 0 Å². The van der Waals surface area contributed by atoms with Crippen molar-refractivity contribution >= 4 is 12.4 Å². The lowest BCUT2D eigenvalue weighted by atomic mass is 9.86. The molecule has 0 spiro atoms. The monoisotopic (exact) mass is 239 g/mol. The van der Waals surface area contributed by atoms with Crippen LogP contribution >= 0.6 is 12.4 Å². The highest BCUT2D eigenvalue weighted by molar-refractivity contribution is 5.85. The van der Waals surface area contributed by atoms with Gasteiger partial charge < -0.3 is 5.32 Å². The van der Waals surface area contributed by atoms with E-state index >= 15 is 0 Å². The summed E-state index contributed by atoms with van der Waals surface area (Å²) in [7, 11) is 0. The molecule has 0 saturated carbocycles. The molecule has 0 amide bonds. The third-order valence-corrected chi connectivity index (χ3v) is 3.08. The van der Waals surface area contributed by atoms with Crippen LogP contribution in [0.5, 0.6) is 0 Å². The summed E-state index contributed by atoms with van der Waals surface area (Å²) in [5, 5.41) is 3.53. The van der Waals surface area contributed by atoms with E-state index in [0.717, 1.165) is 13.0 Å². The van der Waals surface area contributed by atoms with Gasteiger partial charge in [-0.1, -0.05) is 37.3 Å². The highest BCUT2D eigenvalue weighted by Crippen LogP contribution is 2.26. The minimum atomic E-state index is 0. The number of halogens is 1. The Balaban J connectivity index is 0.00000225. The second-order valence-corrected chi connectivity index (χ2v) is 4.17. The van der Waals surface area contributed by atoms with Crippen molar-refractivity contribution in [2.45, 2.75) is 32.7 Å². The summed E-state index contributed by atoms with van der Waals surface area (Å²) in [6.07, 6.45) is 2.98. The van der Waals surface area contributed by atoms with Crippen molar-refractivity contribution in [1.29, 1.82) is 0 Å². The lowest BCUT2D eigenvalue weighted by Gasteiger charge is -2.31. The van der Waals surface area contributed by atoms with E-state index in [9.17, 15) is 0 Å². The molecule has 1 unspecified atom stereocenters. The van der Waals surface area contributed by atoms with Crippen LogP contribution in [-0.4, -0.2) is 6.54 Å². The number of nitrogens with one attached hydrogen (secondary N) is 1. The van der Waals surface area contributed by atoms with Gasteiger partial charge in [-0.05, 0) is 31.4 Å². The molecule has 0 aliphatic rings. The van der Waals surface area contributed by atoms with Gasteiger partial charge >= 0.3 is 0 Å². The summed E-state index contributed by atoms with van der Waals surface area (Å²) in [6, 6.07) is 8.56. The minimum absolute atomic E-state index is 0. The molecular formula is C14H22ClN. The minimum Gasteiger partial charge on any atom is -0.304 e. The molecule has 1 aromatic carbocycles. The van der Waals surface area contributed by atoms with Gasteiger partial charge in [0, 0.05) is 12.1 Å². The third kappa shape index (κ3) is 3.36. The quantitative estimate of drug-likeness (QED) is 0.771. The van der Waals surface area contributed by atoms with Crippen molar-refractivity contribution in [1.82, 2.24) is 5.32 Å². The van der Waals surface area contributed by atoms with Gasteiger partial charge in [0.1, 0.15) is 0 Å². The average Bonchev–Trinajstić information content (AvgIpc) is 2.26. The van der Waals surface area contributed by atoms with Crippen LogP contribution in [0, 0.1) is 6.92 Å². The fourth-order valence-electron chi connectivity index (χ4n) is 1.90. The first-order valence-corrected chi connectivity index (χ1v) is 5.56. The predicted octanol–water partition coefficient (Wildman–Crippen LogP) is 3.82. The molecule has 0 saturated heterocycles. The van der Waals surface area contributed by atoms with Crippen molar-refractivity contribution < 1.29 is 0 Å². The summed E-state index contributed by atoms with van der Waals surface area (Å²) >= 11 is 0. The van der Waals surface area contributed by atoms with Crippen LogP contribution in [0.4, 0.5) is 0 Å². The van der Waals surface area contributed by atoms with Crippen molar-refractivity contribution in [3.63, 3.8) is 0 Å². The van der Waals surface area contributed by atoms with E-state index in [1.54, 1.807) is 0 Å². The van der Waals surface area contributed by atoms with Crippen molar-refractivity contribution in [3.8, 4) is 0 Å². The smallest absolute Gasteiger partial charge is 0.0408 e. The standard InChI is InChI=1S/C14H21N.ClH/c1-5-11-15-14(4,6-2)13-10-8-7-9-12(13)3;/h5,7-10,15H,1,6,11H2,2-4H3;1H. The first-order chi connectivity index (χ1) is 7.14. The molecule has 0 radical (unpaired) electrons. The highest BCUT2D eigenvalue weighted by Gasteiger charge is 2.24. The molecule has 0 aliphatic heterocycles. The van der Waals surface area contributed by atoms with Crippen LogP contribution in [0.15, 0.2) is 36.9 Å². The van der Waals surface area contributed by atoms with Gasteiger partial charge in [-0.3, -0.25) is 0 Å². The molecule has 0 fully saturated rings. The Hall–Kier alpha value is -0.790. The maximum absolute atomic E-state index is 3.75. The van der Waals surface area contributed by atoms with Gasteiger partial charge in [0.25, 0.3) is 0 Å². The fraction of sp³-hybridized carbons (Fsp3) is 0.429. The molecule has 1 aromatic rings. The van der Waals surface area contributed by atoms with Gasteiger partial charge in [-0.25, -0.2) is 0 Å². The molecule has 0 aliphatic carbocycles. The highest BCUT2D eigenvalue weighted by atomic mass is 35.5. The zero-order valence-electron chi connectivity index (χ0n) is 10.4. The molecule has 1 rings (SSSR count).